The normalized spacial score (nSPS) is 34.4. The molecule has 0 N–H and O–H groups in total. The summed E-state index contributed by atoms with van der Waals surface area (Å²) in [6.45, 7) is 9.18. The molecule has 0 nitrogen and oxygen atoms in total. The van der Waals surface area contributed by atoms with Crippen molar-refractivity contribution in [1.82, 2.24) is 0 Å². The SMILES string of the molecule is CC(C)=CCC[C@@H](C)[C@@]12CC=C(C)[C@H]1C2. The van der Waals surface area contributed by atoms with Crippen LogP contribution in [-0.4, -0.2) is 0 Å². The molecule has 1 fully saturated rings. The van der Waals surface area contributed by atoms with Crippen LogP contribution in [0, 0.1) is 17.3 Å². The standard InChI is InChI=1S/C15H24/c1-11(2)6-5-7-13(4)15-9-8-12(3)14(15)10-15/h6,8,13-14H,5,7,9-10H2,1-4H3/t13-,14-,15+/m1/s1. The van der Waals surface area contributed by atoms with Crippen LogP contribution in [0.25, 0.3) is 0 Å². The fourth-order valence-electron chi connectivity index (χ4n) is 3.31. The van der Waals surface area contributed by atoms with E-state index in [1.807, 2.05) is 0 Å². The second-order valence-corrected chi connectivity index (χ2v) is 5.90. The number of hydrogen-bond donors (Lipinski definition) is 0. The Morgan fingerprint density at radius 2 is 2.33 bits per heavy atom. The summed E-state index contributed by atoms with van der Waals surface area (Å²) in [5, 5.41) is 0. The van der Waals surface area contributed by atoms with Crippen molar-refractivity contribution in [2.45, 2.75) is 53.4 Å². The monoisotopic (exact) mass is 204 g/mol. The Hall–Kier alpha value is -0.520. The number of hydrogen-bond acceptors (Lipinski definition) is 0. The van der Waals surface area contributed by atoms with E-state index in [-0.39, 0.29) is 0 Å². The van der Waals surface area contributed by atoms with Crippen molar-refractivity contribution >= 4 is 0 Å². The van der Waals surface area contributed by atoms with Gasteiger partial charge >= 0.3 is 0 Å². The molecule has 0 saturated heterocycles. The van der Waals surface area contributed by atoms with E-state index in [0.717, 1.165) is 11.8 Å². The maximum atomic E-state index is 2.48. The summed E-state index contributed by atoms with van der Waals surface area (Å²) in [7, 11) is 0. The van der Waals surface area contributed by atoms with E-state index in [2.05, 4.69) is 39.8 Å². The van der Waals surface area contributed by atoms with Crippen molar-refractivity contribution in [3.05, 3.63) is 23.3 Å². The highest BCUT2D eigenvalue weighted by Crippen LogP contribution is 2.67. The van der Waals surface area contributed by atoms with Gasteiger partial charge in [-0.25, -0.2) is 0 Å². The van der Waals surface area contributed by atoms with Crippen LogP contribution in [0.1, 0.15) is 53.4 Å². The Balaban J connectivity index is 1.84. The quantitative estimate of drug-likeness (QED) is 0.581. The Labute approximate surface area is 94.5 Å². The van der Waals surface area contributed by atoms with Crippen LogP contribution in [0.5, 0.6) is 0 Å². The first-order chi connectivity index (χ1) is 7.06. The summed E-state index contributed by atoms with van der Waals surface area (Å²) < 4.78 is 0. The van der Waals surface area contributed by atoms with Crippen LogP contribution in [0.3, 0.4) is 0 Å². The van der Waals surface area contributed by atoms with Crippen molar-refractivity contribution in [2.75, 3.05) is 0 Å². The highest BCUT2D eigenvalue weighted by Gasteiger charge is 2.59. The van der Waals surface area contributed by atoms with E-state index < -0.39 is 0 Å². The van der Waals surface area contributed by atoms with Gasteiger partial charge in [0.25, 0.3) is 0 Å². The van der Waals surface area contributed by atoms with Crippen molar-refractivity contribution in [2.24, 2.45) is 17.3 Å². The van der Waals surface area contributed by atoms with Crippen LogP contribution in [-0.2, 0) is 0 Å². The van der Waals surface area contributed by atoms with Crippen molar-refractivity contribution in [3.8, 4) is 0 Å². The van der Waals surface area contributed by atoms with Gasteiger partial charge in [0.2, 0.25) is 0 Å². The molecule has 2 rings (SSSR count). The lowest BCUT2D eigenvalue weighted by Gasteiger charge is -2.20. The lowest BCUT2D eigenvalue weighted by atomic mass is 9.84. The van der Waals surface area contributed by atoms with Crippen molar-refractivity contribution < 1.29 is 0 Å². The van der Waals surface area contributed by atoms with Crippen LogP contribution < -0.4 is 0 Å². The Morgan fingerprint density at radius 1 is 1.60 bits per heavy atom. The minimum Gasteiger partial charge on any atom is -0.0859 e. The van der Waals surface area contributed by atoms with Gasteiger partial charge in [-0.2, -0.15) is 0 Å². The molecule has 0 amide bonds. The minimum absolute atomic E-state index is 0.708. The first-order valence-electron chi connectivity index (χ1n) is 6.36. The lowest BCUT2D eigenvalue weighted by molar-refractivity contribution is 0.309. The molecule has 84 valence electrons. The highest BCUT2D eigenvalue weighted by molar-refractivity contribution is 5.29. The molecule has 0 bridgehead atoms. The lowest BCUT2D eigenvalue weighted by Crippen LogP contribution is -2.12. The number of allylic oxidation sites excluding steroid dienone is 4. The third-order valence-corrected chi connectivity index (χ3v) is 4.61. The van der Waals surface area contributed by atoms with E-state index in [9.17, 15) is 0 Å². The van der Waals surface area contributed by atoms with Crippen LogP contribution in [0.2, 0.25) is 0 Å². The molecule has 0 radical (unpaired) electrons. The molecule has 0 aliphatic heterocycles. The Bertz CT molecular complexity index is 304. The largest absolute Gasteiger partial charge is 0.0859 e. The smallest absolute Gasteiger partial charge is 0.0138 e. The van der Waals surface area contributed by atoms with E-state index in [1.165, 1.54) is 31.3 Å². The molecule has 0 heterocycles. The van der Waals surface area contributed by atoms with Gasteiger partial charge in [0.1, 0.15) is 0 Å². The van der Waals surface area contributed by atoms with E-state index in [1.54, 1.807) is 5.57 Å². The van der Waals surface area contributed by atoms with Gasteiger partial charge in [0.15, 0.2) is 0 Å². The van der Waals surface area contributed by atoms with Gasteiger partial charge in [-0.05, 0) is 63.7 Å². The number of rotatable bonds is 4. The van der Waals surface area contributed by atoms with Gasteiger partial charge in [-0.1, -0.05) is 30.2 Å². The summed E-state index contributed by atoms with van der Waals surface area (Å²) in [6, 6.07) is 0. The molecule has 3 atom stereocenters. The predicted octanol–water partition coefficient (Wildman–Crippen LogP) is 4.73. The van der Waals surface area contributed by atoms with Crippen LogP contribution in [0.4, 0.5) is 0 Å². The van der Waals surface area contributed by atoms with Crippen LogP contribution >= 0.6 is 0 Å². The van der Waals surface area contributed by atoms with Gasteiger partial charge < -0.3 is 0 Å². The maximum Gasteiger partial charge on any atom is -0.0138 e. The molecule has 2 aliphatic rings. The fourth-order valence-corrected chi connectivity index (χ4v) is 3.31. The molecular formula is C15H24. The topological polar surface area (TPSA) is 0 Å². The molecule has 0 aromatic heterocycles. The van der Waals surface area contributed by atoms with E-state index >= 15 is 0 Å². The molecule has 0 aromatic carbocycles. The average Bonchev–Trinajstić information content (AvgIpc) is 2.82. The number of fused-ring (bicyclic) bond motifs is 1. The van der Waals surface area contributed by atoms with Crippen LogP contribution in [0.15, 0.2) is 23.3 Å². The Kier molecular flexibility index (Phi) is 2.79. The third-order valence-electron chi connectivity index (χ3n) is 4.61. The summed E-state index contributed by atoms with van der Waals surface area (Å²) in [4.78, 5) is 0. The molecule has 2 aliphatic carbocycles. The molecule has 1 saturated carbocycles. The molecule has 15 heavy (non-hydrogen) atoms. The molecule has 0 unspecified atom stereocenters. The first-order valence-corrected chi connectivity index (χ1v) is 6.36. The Morgan fingerprint density at radius 3 is 2.80 bits per heavy atom. The second-order valence-electron chi connectivity index (χ2n) is 5.90. The zero-order chi connectivity index (χ0) is 11.1. The molecule has 0 heteroatoms. The fraction of sp³-hybridized carbons (Fsp3) is 0.733. The highest BCUT2D eigenvalue weighted by atomic mass is 14.6. The molecule has 0 spiro atoms. The first kappa shape index (κ1) is 11.0. The van der Waals surface area contributed by atoms with Gasteiger partial charge in [0, 0.05) is 0 Å². The third kappa shape index (κ3) is 1.91. The van der Waals surface area contributed by atoms with Crippen molar-refractivity contribution in [3.63, 3.8) is 0 Å². The van der Waals surface area contributed by atoms with Gasteiger partial charge in [-0.3, -0.25) is 0 Å². The molecular weight excluding hydrogens is 180 g/mol. The predicted molar refractivity (Wildman–Crippen MR) is 66.7 cm³/mol. The second kappa shape index (κ2) is 3.81. The summed E-state index contributed by atoms with van der Waals surface area (Å²) in [5.41, 5.74) is 3.84. The van der Waals surface area contributed by atoms with Gasteiger partial charge in [-0.15, -0.1) is 0 Å². The zero-order valence-electron chi connectivity index (χ0n) is 10.6. The maximum absolute atomic E-state index is 2.48. The van der Waals surface area contributed by atoms with Gasteiger partial charge in [0.05, 0.1) is 0 Å². The summed E-state index contributed by atoms with van der Waals surface area (Å²) in [6.07, 6.45) is 10.4. The average molecular weight is 204 g/mol. The van der Waals surface area contributed by atoms with E-state index in [0.29, 0.717) is 5.41 Å². The summed E-state index contributed by atoms with van der Waals surface area (Å²) >= 11 is 0. The van der Waals surface area contributed by atoms with Crippen molar-refractivity contribution in [1.29, 1.82) is 0 Å². The zero-order valence-corrected chi connectivity index (χ0v) is 10.6. The molecule has 0 aromatic rings. The van der Waals surface area contributed by atoms with E-state index in [4.69, 9.17) is 0 Å². The minimum atomic E-state index is 0.708. The summed E-state index contributed by atoms with van der Waals surface area (Å²) in [5.74, 6) is 1.87.